The van der Waals surface area contributed by atoms with E-state index in [1.165, 1.54) is 12.1 Å². The summed E-state index contributed by atoms with van der Waals surface area (Å²) < 4.78 is 26.1. The minimum atomic E-state index is -1.29. The van der Waals surface area contributed by atoms with E-state index in [1.807, 2.05) is 0 Å². The second-order valence-corrected chi connectivity index (χ2v) is 16.0. The van der Waals surface area contributed by atoms with E-state index in [4.69, 9.17) is 23.7 Å². The number of phenols is 1. The molecule has 0 spiro atoms. The van der Waals surface area contributed by atoms with Gasteiger partial charge in [0.1, 0.15) is 34.2 Å². The molecule has 0 aliphatic carbocycles. The molecule has 308 valence electrons. The molecule has 0 aromatic heterocycles. The number of ether oxygens (including phenoxy) is 5. The summed E-state index contributed by atoms with van der Waals surface area (Å²) >= 11 is 0. The Bertz CT molecular complexity index is 1500. The average molecular weight is 780 g/mol. The summed E-state index contributed by atoms with van der Waals surface area (Å²) in [7, 11) is 1.15. The molecule has 0 saturated heterocycles. The summed E-state index contributed by atoms with van der Waals surface area (Å²) in [6, 6.07) is 3.48. The number of rotatable bonds is 9. The maximum absolute atomic E-state index is 13.6. The number of methoxy groups -OCH3 is 1. The zero-order valence-corrected chi connectivity index (χ0v) is 33.9. The summed E-state index contributed by atoms with van der Waals surface area (Å²) in [4.78, 5) is 86.0. The van der Waals surface area contributed by atoms with Gasteiger partial charge in [-0.2, -0.15) is 0 Å². The SMILES string of the molecule is COC(=O)[C@H](Cc1ccc(O)cc1)NC(=O)C[C@H](CN=C(NC(=O)OC(C)(C)C)NC(=O)OC(C)(C)C)N=C(NC(=O)OC(C)(C)C)NC(=O)OC(C)(C)C. The Morgan fingerprint density at radius 1 is 0.636 bits per heavy atom. The van der Waals surface area contributed by atoms with E-state index in [0.717, 1.165) is 7.11 Å². The van der Waals surface area contributed by atoms with Gasteiger partial charge in [-0.15, -0.1) is 0 Å². The van der Waals surface area contributed by atoms with E-state index in [0.29, 0.717) is 5.56 Å². The first-order valence-electron chi connectivity index (χ1n) is 17.3. The van der Waals surface area contributed by atoms with Gasteiger partial charge < -0.3 is 34.1 Å². The molecule has 0 unspecified atom stereocenters. The molecular weight excluding hydrogens is 722 g/mol. The van der Waals surface area contributed by atoms with Crippen molar-refractivity contribution in [2.24, 2.45) is 9.98 Å². The van der Waals surface area contributed by atoms with Crippen molar-refractivity contribution in [1.82, 2.24) is 26.6 Å². The van der Waals surface area contributed by atoms with Crippen molar-refractivity contribution in [2.75, 3.05) is 13.7 Å². The number of amides is 5. The number of carbonyl (C=O) groups excluding carboxylic acids is 6. The van der Waals surface area contributed by atoms with Gasteiger partial charge in [0.25, 0.3) is 0 Å². The molecule has 0 saturated carbocycles. The predicted octanol–water partition coefficient (Wildman–Crippen LogP) is 4.16. The van der Waals surface area contributed by atoms with Crippen LogP contribution in [0.3, 0.4) is 0 Å². The van der Waals surface area contributed by atoms with Crippen LogP contribution < -0.4 is 26.6 Å². The van der Waals surface area contributed by atoms with E-state index >= 15 is 0 Å². The number of esters is 1. The number of guanidine groups is 2. The van der Waals surface area contributed by atoms with Gasteiger partial charge in [-0.25, -0.2) is 29.0 Å². The van der Waals surface area contributed by atoms with Crippen molar-refractivity contribution in [2.45, 2.75) is 130 Å². The Kier molecular flexibility index (Phi) is 17.4. The summed E-state index contributed by atoms with van der Waals surface area (Å²) in [5.74, 6) is -2.49. The average Bonchev–Trinajstić information content (AvgIpc) is 2.96. The van der Waals surface area contributed by atoms with E-state index in [1.54, 1.807) is 95.2 Å². The van der Waals surface area contributed by atoms with Crippen LogP contribution in [0.5, 0.6) is 5.75 Å². The van der Waals surface area contributed by atoms with Crippen LogP contribution in [-0.2, 0) is 39.7 Å². The molecule has 1 rings (SSSR count). The molecule has 0 radical (unpaired) electrons. The van der Waals surface area contributed by atoms with E-state index in [9.17, 15) is 33.9 Å². The predicted molar refractivity (Wildman–Crippen MR) is 201 cm³/mol. The molecule has 19 nitrogen and oxygen atoms in total. The lowest BCUT2D eigenvalue weighted by Gasteiger charge is -2.23. The standard InChI is InChI=1S/C36H57N7O12/c1-33(2,3)52-29(47)40-27(41-30(48)53-34(4,5)6)37-20-22(19-25(45)39-24(26(46)51-13)18-21-14-16-23(44)17-15-21)38-28(42-31(49)54-35(7,8)9)43-32(50)55-36(10,11)12/h14-17,22,24,44H,18-20H2,1-13H3,(H,39,45)(H2,37,40,41,47,48)(H2,38,42,43,49,50)/t22-,24+/m1/s1. The van der Waals surface area contributed by atoms with Crippen LogP contribution in [0.25, 0.3) is 0 Å². The van der Waals surface area contributed by atoms with Crippen molar-refractivity contribution in [3.8, 4) is 5.75 Å². The lowest BCUT2D eigenvalue weighted by Crippen LogP contribution is -2.49. The molecule has 0 aliphatic heterocycles. The highest BCUT2D eigenvalue weighted by Crippen LogP contribution is 2.14. The number of aliphatic imine (C=N–C) groups is 2. The van der Waals surface area contributed by atoms with E-state index in [2.05, 4.69) is 36.6 Å². The van der Waals surface area contributed by atoms with Crippen molar-refractivity contribution in [3.63, 3.8) is 0 Å². The third-order valence-electron chi connectivity index (χ3n) is 5.87. The molecule has 0 aliphatic rings. The molecule has 0 heterocycles. The highest BCUT2D eigenvalue weighted by molar-refractivity contribution is 6.02. The summed E-state index contributed by atoms with van der Waals surface area (Å²) in [5.41, 5.74) is -3.19. The fraction of sp³-hybridized carbons (Fsp3) is 0.611. The van der Waals surface area contributed by atoms with Crippen LogP contribution in [0.1, 0.15) is 95.1 Å². The van der Waals surface area contributed by atoms with Crippen LogP contribution in [0.4, 0.5) is 19.2 Å². The number of alkyl carbamates (subject to hydrolysis) is 4. The monoisotopic (exact) mass is 779 g/mol. The van der Waals surface area contributed by atoms with Gasteiger partial charge in [-0.3, -0.25) is 31.1 Å². The normalized spacial score (nSPS) is 12.7. The Morgan fingerprint density at radius 2 is 1.02 bits per heavy atom. The zero-order valence-electron chi connectivity index (χ0n) is 33.9. The first-order chi connectivity index (χ1) is 25.0. The lowest BCUT2D eigenvalue weighted by atomic mass is 10.1. The van der Waals surface area contributed by atoms with E-state index in [-0.39, 0.29) is 12.2 Å². The molecule has 55 heavy (non-hydrogen) atoms. The third-order valence-corrected chi connectivity index (χ3v) is 5.87. The molecule has 0 fully saturated rings. The molecule has 1 aromatic rings. The summed E-state index contributed by atoms with van der Waals surface area (Å²) in [6.07, 6.45) is -4.59. The van der Waals surface area contributed by atoms with Gasteiger partial charge in [-0.05, 0) is 101 Å². The van der Waals surface area contributed by atoms with Gasteiger partial charge in [0, 0.05) is 6.42 Å². The third kappa shape index (κ3) is 22.9. The van der Waals surface area contributed by atoms with Crippen molar-refractivity contribution in [3.05, 3.63) is 29.8 Å². The smallest absolute Gasteiger partial charge is 0.414 e. The number of benzene rings is 1. The largest absolute Gasteiger partial charge is 0.508 e. The maximum Gasteiger partial charge on any atom is 0.414 e. The Hall–Kier alpha value is -5.62. The zero-order chi connectivity index (χ0) is 42.4. The molecule has 5 amide bonds. The quantitative estimate of drug-likeness (QED) is 0.0895. The first kappa shape index (κ1) is 47.4. The van der Waals surface area contributed by atoms with Crippen LogP contribution in [0.2, 0.25) is 0 Å². The fourth-order valence-corrected chi connectivity index (χ4v) is 4.01. The maximum atomic E-state index is 13.6. The second-order valence-electron chi connectivity index (χ2n) is 16.0. The number of carbonyl (C=O) groups is 6. The number of nitrogens with one attached hydrogen (secondary N) is 5. The Labute approximate surface area is 321 Å². The summed E-state index contributed by atoms with van der Waals surface area (Å²) in [5, 5.41) is 21.5. The van der Waals surface area contributed by atoms with Crippen LogP contribution >= 0.6 is 0 Å². The highest BCUT2D eigenvalue weighted by atomic mass is 16.6. The topological polar surface area (TPSA) is 254 Å². The number of aromatic hydroxyl groups is 1. The Morgan fingerprint density at radius 3 is 1.38 bits per heavy atom. The van der Waals surface area contributed by atoms with Gasteiger partial charge in [-0.1, -0.05) is 12.1 Å². The van der Waals surface area contributed by atoms with Gasteiger partial charge in [0.15, 0.2) is 0 Å². The molecule has 0 bridgehead atoms. The van der Waals surface area contributed by atoms with Gasteiger partial charge in [0.2, 0.25) is 17.8 Å². The number of phenolic OH excluding ortho intramolecular Hbond substituents is 1. The number of hydrogen-bond acceptors (Lipinski definition) is 14. The summed E-state index contributed by atoms with van der Waals surface area (Å²) in [6.45, 7) is 18.9. The minimum Gasteiger partial charge on any atom is -0.508 e. The highest BCUT2D eigenvalue weighted by Gasteiger charge is 2.27. The van der Waals surface area contributed by atoms with Crippen LogP contribution in [0, 0.1) is 0 Å². The minimum absolute atomic E-state index is 0.00105. The van der Waals surface area contributed by atoms with Crippen molar-refractivity contribution >= 4 is 48.2 Å². The Balaban J connectivity index is 3.71. The van der Waals surface area contributed by atoms with Crippen LogP contribution in [-0.4, -0.2) is 101 Å². The molecule has 19 heteroatoms. The second kappa shape index (κ2) is 20.2. The van der Waals surface area contributed by atoms with E-state index < -0.39 is 95.6 Å². The first-order valence-corrected chi connectivity index (χ1v) is 17.3. The van der Waals surface area contributed by atoms with Crippen LogP contribution in [0.15, 0.2) is 34.3 Å². The van der Waals surface area contributed by atoms with Gasteiger partial charge >= 0.3 is 30.3 Å². The fourth-order valence-electron chi connectivity index (χ4n) is 4.01. The van der Waals surface area contributed by atoms with Crippen molar-refractivity contribution < 1.29 is 57.6 Å². The lowest BCUT2D eigenvalue weighted by molar-refractivity contribution is -0.145. The molecule has 2 atom stereocenters. The van der Waals surface area contributed by atoms with Crippen molar-refractivity contribution in [1.29, 1.82) is 0 Å². The number of hydrogen-bond donors (Lipinski definition) is 6. The number of nitrogens with zero attached hydrogens (tertiary/aromatic N) is 2. The van der Waals surface area contributed by atoms with Gasteiger partial charge in [0.05, 0.1) is 26.1 Å². The molecule has 1 aromatic carbocycles. The molecule has 6 N–H and O–H groups in total. The molecular formula is C36H57N7O12.